The molecule has 0 aromatic heterocycles. The number of hydrogen-bond acceptors (Lipinski definition) is 2. The monoisotopic (exact) mass is 327 g/mol. The minimum absolute atomic E-state index is 0.00688. The van der Waals surface area contributed by atoms with Crippen molar-refractivity contribution in [2.45, 2.75) is 57.0 Å². The Morgan fingerprint density at radius 3 is 2.67 bits per heavy atom. The lowest BCUT2D eigenvalue weighted by Gasteiger charge is -2.53. The Bertz CT molecular complexity index is 642. The fraction of sp³-hybridized carbons (Fsp3) is 0.667. The number of fused-ring (bicyclic) bond motifs is 5. The molecule has 24 heavy (non-hydrogen) atoms. The first kappa shape index (κ1) is 16.1. The predicted octanol–water partition coefficient (Wildman–Crippen LogP) is 3.84. The van der Waals surface area contributed by atoms with Crippen LogP contribution < -0.4 is 5.32 Å². The fourth-order valence-corrected chi connectivity index (χ4v) is 6.28. The summed E-state index contributed by atoms with van der Waals surface area (Å²) < 4.78 is 6.05. The number of amides is 1. The number of ether oxygens (including phenoxy) is 1. The number of hydrogen-bond donors (Lipinski definition) is 1. The molecule has 0 aliphatic heterocycles. The highest BCUT2D eigenvalue weighted by atomic mass is 16.5. The van der Waals surface area contributed by atoms with Gasteiger partial charge in [-0.3, -0.25) is 4.79 Å². The third kappa shape index (κ3) is 2.17. The third-order valence-electron chi connectivity index (χ3n) is 7.35. The van der Waals surface area contributed by atoms with Gasteiger partial charge in [-0.1, -0.05) is 37.6 Å². The Morgan fingerprint density at radius 1 is 1.21 bits per heavy atom. The van der Waals surface area contributed by atoms with Crippen LogP contribution in [0.15, 0.2) is 24.3 Å². The van der Waals surface area contributed by atoms with E-state index in [2.05, 4.69) is 36.5 Å². The summed E-state index contributed by atoms with van der Waals surface area (Å²) in [7, 11) is 3.54. The normalized spacial score (nSPS) is 40.4. The van der Waals surface area contributed by atoms with Crippen LogP contribution in [-0.4, -0.2) is 26.2 Å². The zero-order valence-corrected chi connectivity index (χ0v) is 15.0. The molecule has 0 heterocycles. The van der Waals surface area contributed by atoms with Gasteiger partial charge in [-0.05, 0) is 60.0 Å². The van der Waals surface area contributed by atoms with Gasteiger partial charge in [0.1, 0.15) is 0 Å². The van der Waals surface area contributed by atoms with E-state index < -0.39 is 0 Å². The minimum atomic E-state index is -0.180. The van der Waals surface area contributed by atoms with Crippen LogP contribution in [0.5, 0.6) is 0 Å². The number of carbonyl (C=O) groups is 1. The van der Waals surface area contributed by atoms with E-state index in [9.17, 15) is 4.79 Å². The van der Waals surface area contributed by atoms with Crippen LogP contribution in [0.3, 0.4) is 0 Å². The molecule has 3 aliphatic carbocycles. The SMILES string of the molecule is CNC(=O)C1c2ccccc2[C@H]2CC[C@]3(C)CCC[C@H]3[C@@H]2C1OC. The van der Waals surface area contributed by atoms with Gasteiger partial charge in [0, 0.05) is 14.2 Å². The van der Waals surface area contributed by atoms with E-state index in [4.69, 9.17) is 4.74 Å². The average Bonchev–Trinajstić information content (AvgIpc) is 3.01. The third-order valence-corrected chi connectivity index (χ3v) is 7.35. The van der Waals surface area contributed by atoms with Crippen LogP contribution >= 0.6 is 0 Å². The molecule has 0 bridgehead atoms. The maximum absolute atomic E-state index is 12.8. The van der Waals surface area contributed by atoms with Crippen molar-refractivity contribution in [2.24, 2.45) is 17.3 Å². The van der Waals surface area contributed by atoms with Gasteiger partial charge < -0.3 is 10.1 Å². The van der Waals surface area contributed by atoms with E-state index in [1.54, 1.807) is 14.2 Å². The standard InChI is InChI=1S/C21H29NO2/c1-21-11-6-9-16(21)17-15(10-12-21)13-7-4-5-8-14(13)18(19(17)24-3)20(23)22-2/h4-5,7-8,15-19H,6,9-12H2,1-3H3,(H,22,23)/t15-,16+,17-,18?,19?,21+/m1/s1. The molecular formula is C21H29NO2. The highest BCUT2D eigenvalue weighted by molar-refractivity contribution is 5.85. The molecule has 3 nitrogen and oxygen atoms in total. The lowest BCUT2D eigenvalue weighted by molar-refractivity contribution is -0.130. The molecular weight excluding hydrogens is 298 g/mol. The molecule has 4 rings (SSSR count). The molecule has 2 unspecified atom stereocenters. The largest absolute Gasteiger partial charge is 0.380 e. The summed E-state index contributed by atoms with van der Waals surface area (Å²) in [5.74, 6) is 1.61. The van der Waals surface area contributed by atoms with Crippen LogP contribution in [0.4, 0.5) is 0 Å². The zero-order chi connectivity index (χ0) is 16.9. The van der Waals surface area contributed by atoms with E-state index in [1.165, 1.54) is 43.2 Å². The fourth-order valence-electron chi connectivity index (χ4n) is 6.28. The second-order valence-corrected chi connectivity index (χ2v) is 8.30. The molecule has 130 valence electrons. The quantitative estimate of drug-likeness (QED) is 0.896. The van der Waals surface area contributed by atoms with Crippen LogP contribution in [0.2, 0.25) is 0 Å². The summed E-state index contributed by atoms with van der Waals surface area (Å²) in [6.45, 7) is 2.48. The van der Waals surface area contributed by atoms with Crippen LogP contribution in [0.25, 0.3) is 0 Å². The summed E-state index contributed by atoms with van der Waals surface area (Å²) in [6, 6.07) is 8.59. The summed E-state index contributed by atoms with van der Waals surface area (Å²) in [5, 5.41) is 2.89. The summed E-state index contributed by atoms with van der Waals surface area (Å²) in [5.41, 5.74) is 3.03. The Morgan fingerprint density at radius 2 is 1.96 bits per heavy atom. The smallest absolute Gasteiger partial charge is 0.229 e. The highest BCUT2D eigenvalue weighted by Gasteiger charge is 2.56. The van der Waals surface area contributed by atoms with E-state index in [0.29, 0.717) is 23.2 Å². The van der Waals surface area contributed by atoms with Crippen LogP contribution in [0.1, 0.15) is 62.0 Å². The highest BCUT2D eigenvalue weighted by Crippen LogP contribution is 2.62. The van der Waals surface area contributed by atoms with Crippen molar-refractivity contribution in [2.75, 3.05) is 14.2 Å². The minimum Gasteiger partial charge on any atom is -0.380 e. The zero-order valence-electron chi connectivity index (χ0n) is 15.0. The molecule has 2 fully saturated rings. The lowest BCUT2D eigenvalue weighted by atomic mass is 9.53. The number of likely N-dealkylation sites (N-methyl/N-ethyl adjacent to an activating group) is 1. The number of rotatable bonds is 2. The maximum atomic E-state index is 12.8. The molecule has 3 heteroatoms. The number of nitrogens with one attached hydrogen (secondary N) is 1. The Balaban J connectivity index is 1.85. The van der Waals surface area contributed by atoms with Crippen molar-refractivity contribution >= 4 is 5.91 Å². The van der Waals surface area contributed by atoms with Crippen LogP contribution in [0, 0.1) is 17.3 Å². The first-order chi connectivity index (χ1) is 11.6. The molecule has 1 aromatic carbocycles. The van der Waals surface area contributed by atoms with Gasteiger partial charge in [0.25, 0.3) is 0 Å². The van der Waals surface area contributed by atoms with Gasteiger partial charge >= 0.3 is 0 Å². The van der Waals surface area contributed by atoms with Crippen molar-refractivity contribution in [3.63, 3.8) is 0 Å². The lowest BCUT2D eigenvalue weighted by Crippen LogP contribution is -2.51. The summed E-state index contributed by atoms with van der Waals surface area (Å²) in [4.78, 5) is 12.8. The summed E-state index contributed by atoms with van der Waals surface area (Å²) >= 11 is 0. The van der Waals surface area contributed by atoms with Crippen molar-refractivity contribution < 1.29 is 9.53 Å². The van der Waals surface area contributed by atoms with E-state index in [0.717, 1.165) is 0 Å². The summed E-state index contributed by atoms with van der Waals surface area (Å²) in [6.07, 6.45) is 6.49. The maximum Gasteiger partial charge on any atom is 0.229 e. The second kappa shape index (κ2) is 5.87. The van der Waals surface area contributed by atoms with Crippen molar-refractivity contribution in [1.29, 1.82) is 0 Å². The first-order valence-electron chi connectivity index (χ1n) is 9.44. The van der Waals surface area contributed by atoms with Gasteiger partial charge in [0.2, 0.25) is 5.91 Å². The molecule has 1 aromatic rings. The molecule has 6 atom stereocenters. The Hall–Kier alpha value is -1.35. The molecule has 1 amide bonds. The van der Waals surface area contributed by atoms with Gasteiger partial charge in [-0.2, -0.15) is 0 Å². The van der Waals surface area contributed by atoms with Gasteiger partial charge in [-0.15, -0.1) is 0 Å². The molecule has 2 saturated carbocycles. The number of carbonyl (C=O) groups excluding carboxylic acids is 1. The molecule has 0 saturated heterocycles. The van der Waals surface area contributed by atoms with E-state index >= 15 is 0 Å². The number of benzene rings is 1. The Kier molecular flexibility index (Phi) is 3.95. The molecule has 0 radical (unpaired) electrons. The first-order valence-corrected chi connectivity index (χ1v) is 9.44. The van der Waals surface area contributed by atoms with Crippen molar-refractivity contribution in [3.8, 4) is 0 Å². The molecule has 0 spiro atoms. The van der Waals surface area contributed by atoms with Gasteiger partial charge in [0.05, 0.1) is 12.0 Å². The van der Waals surface area contributed by atoms with Crippen molar-refractivity contribution in [1.82, 2.24) is 5.32 Å². The molecule has 3 aliphatic rings. The van der Waals surface area contributed by atoms with E-state index in [-0.39, 0.29) is 17.9 Å². The van der Waals surface area contributed by atoms with Gasteiger partial charge in [0.15, 0.2) is 0 Å². The Labute approximate surface area is 145 Å². The predicted molar refractivity (Wildman–Crippen MR) is 95.0 cm³/mol. The topological polar surface area (TPSA) is 38.3 Å². The van der Waals surface area contributed by atoms with E-state index in [1.807, 2.05) is 0 Å². The second-order valence-electron chi connectivity index (χ2n) is 8.30. The average molecular weight is 327 g/mol. The van der Waals surface area contributed by atoms with Gasteiger partial charge in [-0.25, -0.2) is 0 Å². The molecule has 1 N–H and O–H groups in total. The van der Waals surface area contributed by atoms with Crippen LogP contribution in [-0.2, 0) is 9.53 Å². The van der Waals surface area contributed by atoms with Crippen molar-refractivity contribution in [3.05, 3.63) is 35.4 Å². The number of methoxy groups -OCH3 is 1.